The van der Waals surface area contributed by atoms with E-state index in [0.29, 0.717) is 0 Å². The molecule has 6 heteroatoms. The number of imidazole rings is 1. The number of benzene rings is 2. The molecule has 1 aromatic heterocycles. The topological polar surface area (TPSA) is 46.9 Å². The lowest BCUT2D eigenvalue weighted by molar-refractivity contribution is -0.116. The first kappa shape index (κ1) is 16.1. The van der Waals surface area contributed by atoms with Crippen LogP contribution in [0.2, 0.25) is 0 Å². The maximum atomic E-state index is 12.4. The number of amides is 1. The van der Waals surface area contributed by atoms with Gasteiger partial charge in [0, 0.05) is 10.2 Å². The van der Waals surface area contributed by atoms with Crippen LogP contribution in [0.4, 0.5) is 5.69 Å². The highest BCUT2D eigenvalue weighted by Crippen LogP contribution is 2.19. The van der Waals surface area contributed by atoms with Crippen molar-refractivity contribution in [1.82, 2.24) is 9.55 Å². The zero-order chi connectivity index (χ0) is 16.2. The predicted molar refractivity (Wildman–Crippen MR) is 99.7 cm³/mol. The fourth-order valence-corrected chi connectivity index (χ4v) is 3.16. The molecule has 0 unspecified atom stereocenters. The number of fused-ring (bicyclic) bond motifs is 1. The quantitative estimate of drug-likeness (QED) is 0.707. The Hall–Kier alpha value is -1.79. The summed E-state index contributed by atoms with van der Waals surface area (Å²) >= 11 is 5.08. The van der Waals surface area contributed by atoms with Gasteiger partial charge in [0.15, 0.2) is 0 Å². The molecule has 3 rings (SSSR count). The van der Waals surface area contributed by atoms with E-state index in [2.05, 4.69) is 26.2 Å². The van der Waals surface area contributed by atoms with E-state index < -0.39 is 0 Å². The van der Waals surface area contributed by atoms with Gasteiger partial charge in [0.25, 0.3) is 0 Å². The van der Waals surface area contributed by atoms with Crippen LogP contribution in [0.5, 0.6) is 0 Å². The van der Waals surface area contributed by atoms with Gasteiger partial charge >= 0.3 is 0 Å². The maximum absolute atomic E-state index is 12.4. The Morgan fingerprint density at radius 2 is 1.96 bits per heavy atom. The van der Waals surface area contributed by atoms with Crippen LogP contribution in [0.15, 0.2) is 53.0 Å². The third kappa shape index (κ3) is 3.76. The Bertz CT molecular complexity index is 829. The zero-order valence-corrected chi connectivity index (χ0v) is 15.0. The molecule has 0 atom stereocenters. The third-order valence-corrected chi connectivity index (χ3v) is 4.51. The second-order valence-corrected chi connectivity index (χ2v) is 6.87. The molecule has 0 spiro atoms. The van der Waals surface area contributed by atoms with Crippen LogP contribution in [0.25, 0.3) is 11.0 Å². The van der Waals surface area contributed by atoms with Crippen LogP contribution in [-0.4, -0.2) is 21.7 Å². The third-order valence-electron chi connectivity index (χ3n) is 3.44. The van der Waals surface area contributed by atoms with Crippen LogP contribution in [0.1, 0.15) is 5.82 Å². The van der Waals surface area contributed by atoms with Crippen molar-refractivity contribution < 1.29 is 4.79 Å². The predicted octanol–water partition coefficient (Wildman–Crippen LogP) is 4.30. The molecule has 23 heavy (non-hydrogen) atoms. The molecule has 0 aliphatic heterocycles. The molecule has 1 heterocycles. The first-order valence-corrected chi connectivity index (χ1v) is 9.34. The molecule has 2 aromatic carbocycles. The minimum Gasteiger partial charge on any atom is -0.325 e. The highest BCUT2D eigenvalue weighted by atomic mass is 79.9. The molecule has 1 amide bonds. The van der Waals surface area contributed by atoms with Gasteiger partial charge in [-0.15, -0.1) is 0 Å². The van der Waals surface area contributed by atoms with Crippen molar-refractivity contribution in [3.63, 3.8) is 0 Å². The Labute approximate surface area is 147 Å². The van der Waals surface area contributed by atoms with Crippen LogP contribution in [0, 0.1) is 0 Å². The number of aromatic nitrogens is 2. The van der Waals surface area contributed by atoms with E-state index in [1.165, 1.54) is 0 Å². The Morgan fingerprint density at radius 1 is 1.22 bits per heavy atom. The lowest BCUT2D eigenvalue weighted by Gasteiger charge is -2.09. The lowest BCUT2D eigenvalue weighted by Crippen LogP contribution is -2.20. The van der Waals surface area contributed by atoms with E-state index in [9.17, 15) is 4.79 Å². The van der Waals surface area contributed by atoms with Gasteiger partial charge in [0.2, 0.25) is 5.91 Å². The van der Waals surface area contributed by atoms with E-state index in [1.54, 1.807) is 11.8 Å². The summed E-state index contributed by atoms with van der Waals surface area (Å²) in [6, 6.07) is 15.5. The molecule has 0 aliphatic carbocycles. The number of carbonyl (C=O) groups excluding carboxylic acids is 1. The molecule has 0 saturated heterocycles. The molecular formula is C17H16BrN3OS. The van der Waals surface area contributed by atoms with Gasteiger partial charge in [0.1, 0.15) is 12.4 Å². The maximum Gasteiger partial charge on any atom is 0.244 e. The fourth-order valence-electron chi connectivity index (χ4n) is 2.42. The molecule has 0 fully saturated rings. The number of nitrogens with zero attached hydrogens (tertiary/aromatic N) is 2. The summed E-state index contributed by atoms with van der Waals surface area (Å²) in [4.78, 5) is 17.0. The lowest BCUT2D eigenvalue weighted by atomic mass is 10.3. The number of para-hydroxylation sites is 2. The van der Waals surface area contributed by atoms with Crippen molar-refractivity contribution in [2.75, 3.05) is 11.6 Å². The number of hydrogen-bond donors (Lipinski definition) is 1. The fraction of sp³-hybridized carbons (Fsp3) is 0.176. The van der Waals surface area contributed by atoms with E-state index in [1.807, 2.05) is 59.4 Å². The van der Waals surface area contributed by atoms with Gasteiger partial charge in [-0.2, -0.15) is 11.8 Å². The van der Waals surface area contributed by atoms with Crippen molar-refractivity contribution in [2.24, 2.45) is 0 Å². The molecule has 1 N–H and O–H groups in total. The van der Waals surface area contributed by atoms with Gasteiger partial charge in [-0.25, -0.2) is 4.98 Å². The minimum atomic E-state index is -0.0576. The second-order valence-electron chi connectivity index (χ2n) is 5.09. The molecule has 3 aromatic rings. The summed E-state index contributed by atoms with van der Waals surface area (Å²) in [6.45, 7) is 0.256. The molecule has 0 radical (unpaired) electrons. The molecule has 0 saturated carbocycles. The van der Waals surface area contributed by atoms with Crippen molar-refractivity contribution >= 4 is 50.3 Å². The molecule has 0 aliphatic rings. The summed E-state index contributed by atoms with van der Waals surface area (Å²) in [7, 11) is 0. The number of thioether (sulfide) groups is 1. The van der Waals surface area contributed by atoms with E-state index >= 15 is 0 Å². The van der Waals surface area contributed by atoms with Gasteiger partial charge in [-0.05, 0) is 42.7 Å². The summed E-state index contributed by atoms with van der Waals surface area (Å²) in [6.07, 6.45) is 2.03. The van der Waals surface area contributed by atoms with Gasteiger partial charge < -0.3 is 9.88 Å². The Morgan fingerprint density at radius 3 is 2.70 bits per heavy atom. The first-order valence-electron chi connectivity index (χ1n) is 7.16. The van der Waals surface area contributed by atoms with Crippen molar-refractivity contribution in [1.29, 1.82) is 0 Å². The van der Waals surface area contributed by atoms with Gasteiger partial charge in [-0.1, -0.05) is 28.1 Å². The summed E-state index contributed by atoms with van der Waals surface area (Å²) in [5.74, 6) is 1.64. The number of rotatable bonds is 5. The highest BCUT2D eigenvalue weighted by Gasteiger charge is 2.13. The van der Waals surface area contributed by atoms with Gasteiger partial charge in [-0.3, -0.25) is 4.79 Å². The Kier molecular flexibility index (Phi) is 5.03. The number of anilines is 1. The minimum absolute atomic E-state index is 0.0576. The second kappa shape index (κ2) is 7.19. The van der Waals surface area contributed by atoms with E-state index in [4.69, 9.17) is 0 Å². The van der Waals surface area contributed by atoms with Crippen molar-refractivity contribution in [3.8, 4) is 0 Å². The first-order chi connectivity index (χ1) is 11.2. The Balaban J connectivity index is 1.83. The molecular weight excluding hydrogens is 374 g/mol. The SMILES string of the molecule is CSCc1nc2ccccc2n1CC(=O)Nc1ccc(Br)cc1. The highest BCUT2D eigenvalue weighted by molar-refractivity contribution is 9.10. The molecule has 118 valence electrons. The van der Waals surface area contributed by atoms with Crippen molar-refractivity contribution in [3.05, 3.63) is 58.8 Å². The monoisotopic (exact) mass is 389 g/mol. The summed E-state index contributed by atoms with van der Waals surface area (Å²) in [5, 5.41) is 2.93. The van der Waals surface area contributed by atoms with Crippen molar-refractivity contribution in [2.45, 2.75) is 12.3 Å². The standard InChI is InChI=1S/C17H16BrN3OS/c1-23-11-16-20-14-4-2-3-5-15(14)21(16)10-17(22)19-13-8-6-12(18)7-9-13/h2-9H,10-11H2,1H3,(H,19,22). The van der Waals surface area contributed by atoms with Crippen LogP contribution >= 0.6 is 27.7 Å². The largest absolute Gasteiger partial charge is 0.325 e. The summed E-state index contributed by atoms with van der Waals surface area (Å²) < 4.78 is 2.97. The summed E-state index contributed by atoms with van der Waals surface area (Å²) in [5.41, 5.74) is 2.70. The van der Waals surface area contributed by atoms with Crippen LogP contribution < -0.4 is 5.32 Å². The number of nitrogens with one attached hydrogen (secondary N) is 1. The number of halogens is 1. The van der Waals surface area contributed by atoms with Crippen LogP contribution in [0.3, 0.4) is 0 Å². The normalized spacial score (nSPS) is 10.9. The van der Waals surface area contributed by atoms with E-state index in [-0.39, 0.29) is 12.5 Å². The number of carbonyl (C=O) groups is 1. The smallest absolute Gasteiger partial charge is 0.244 e. The molecule has 0 bridgehead atoms. The van der Waals surface area contributed by atoms with E-state index in [0.717, 1.165) is 32.8 Å². The number of hydrogen-bond acceptors (Lipinski definition) is 3. The van der Waals surface area contributed by atoms with Crippen LogP contribution in [-0.2, 0) is 17.1 Å². The average molecular weight is 390 g/mol. The molecule has 4 nitrogen and oxygen atoms in total. The van der Waals surface area contributed by atoms with Gasteiger partial charge in [0.05, 0.1) is 16.8 Å². The zero-order valence-electron chi connectivity index (χ0n) is 12.6. The average Bonchev–Trinajstić information content (AvgIpc) is 2.88.